The van der Waals surface area contributed by atoms with Crippen molar-refractivity contribution in [1.82, 2.24) is 10.2 Å². The van der Waals surface area contributed by atoms with Crippen molar-refractivity contribution in [2.75, 3.05) is 7.11 Å². The highest BCUT2D eigenvalue weighted by Gasteiger charge is 2.37. The summed E-state index contributed by atoms with van der Waals surface area (Å²) >= 11 is 0. The zero-order chi connectivity index (χ0) is 14.7. The Hall–Kier alpha value is -2.11. The quantitative estimate of drug-likeness (QED) is 0.840. The lowest BCUT2D eigenvalue weighted by atomic mass is 10.1. The van der Waals surface area contributed by atoms with Gasteiger partial charge in [-0.05, 0) is 24.6 Å². The molecule has 0 unspecified atom stereocenters. The van der Waals surface area contributed by atoms with E-state index in [4.69, 9.17) is 4.74 Å². The van der Waals surface area contributed by atoms with Crippen LogP contribution in [-0.2, 0) is 11.3 Å². The van der Waals surface area contributed by atoms with E-state index in [9.17, 15) is 14.0 Å². The highest BCUT2D eigenvalue weighted by molar-refractivity contribution is 6.04. The van der Waals surface area contributed by atoms with Gasteiger partial charge in [0.1, 0.15) is 17.6 Å². The van der Waals surface area contributed by atoms with Crippen LogP contribution in [0.1, 0.15) is 25.3 Å². The number of nitrogens with zero attached hydrogens (tertiary/aromatic N) is 1. The predicted octanol–water partition coefficient (Wildman–Crippen LogP) is 2.05. The summed E-state index contributed by atoms with van der Waals surface area (Å²) in [6.45, 7) is 1.95. The topological polar surface area (TPSA) is 58.6 Å². The maximum absolute atomic E-state index is 13.3. The van der Waals surface area contributed by atoms with Crippen LogP contribution in [-0.4, -0.2) is 30.0 Å². The molecule has 1 aliphatic heterocycles. The molecule has 0 spiro atoms. The summed E-state index contributed by atoms with van der Waals surface area (Å²) in [6.07, 6.45) is 1.40. The number of hydrogen-bond donors (Lipinski definition) is 1. The molecule has 1 atom stereocenters. The van der Waals surface area contributed by atoms with E-state index in [0.29, 0.717) is 17.7 Å². The minimum absolute atomic E-state index is 0.00577. The first-order valence-electron chi connectivity index (χ1n) is 6.51. The maximum Gasteiger partial charge on any atom is 0.325 e. The number of hydrogen-bond acceptors (Lipinski definition) is 3. The van der Waals surface area contributed by atoms with Crippen molar-refractivity contribution in [2.45, 2.75) is 32.4 Å². The van der Waals surface area contributed by atoms with Crippen LogP contribution in [0.25, 0.3) is 0 Å². The van der Waals surface area contributed by atoms with Crippen LogP contribution in [0, 0.1) is 5.82 Å². The smallest absolute Gasteiger partial charge is 0.325 e. The van der Waals surface area contributed by atoms with Gasteiger partial charge in [-0.15, -0.1) is 0 Å². The van der Waals surface area contributed by atoms with Crippen molar-refractivity contribution in [3.63, 3.8) is 0 Å². The van der Waals surface area contributed by atoms with Crippen LogP contribution in [0.5, 0.6) is 5.75 Å². The molecule has 0 aromatic heterocycles. The molecule has 6 heteroatoms. The molecule has 1 aromatic rings. The second kappa shape index (κ2) is 5.90. The fourth-order valence-electron chi connectivity index (χ4n) is 2.25. The highest BCUT2D eigenvalue weighted by atomic mass is 19.1. The van der Waals surface area contributed by atoms with E-state index in [-0.39, 0.29) is 12.5 Å². The first-order chi connectivity index (χ1) is 9.56. The first kappa shape index (κ1) is 14.3. The third-order valence-corrected chi connectivity index (χ3v) is 3.26. The molecule has 20 heavy (non-hydrogen) atoms. The van der Waals surface area contributed by atoms with Gasteiger partial charge in [0.15, 0.2) is 0 Å². The lowest BCUT2D eigenvalue weighted by Crippen LogP contribution is -2.31. The number of methoxy groups -OCH3 is 1. The molecule has 1 aliphatic rings. The molecule has 1 N–H and O–H groups in total. The van der Waals surface area contributed by atoms with Crippen molar-refractivity contribution >= 4 is 11.9 Å². The first-order valence-corrected chi connectivity index (χ1v) is 6.51. The van der Waals surface area contributed by atoms with Crippen molar-refractivity contribution in [3.05, 3.63) is 29.6 Å². The normalized spacial score (nSPS) is 18.4. The van der Waals surface area contributed by atoms with Gasteiger partial charge in [0.25, 0.3) is 5.91 Å². The van der Waals surface area contributed by atoms with Gasteiger partial charge in [0.2, 0.25) is 0 Å². The molecular formula is C14H17FN2O3. The molecule has 0 radical (unpaired) electrons. The van der Waals surface area contributed by atoms with Crippen LogP contribution in [0.2, 0.25) is 0 Å². The van der Waals surface area contributed by atoms with E-state index >= 15 is 0 Å². The minimum Gasteiger partial charge on any atom is -0.496 e. The number of urea groups is 1. The number of carbonyl (C=O) groups excluding carboxylic acids is 2. The monoisotopic (exact) mass is 280 g/mol. The van der Waals surface area contributed by atoms with Gasteiger partial charge in [-0.3, -0.25) is 9.69 Å². The summed E-state index contributed by atoms with van der Waals surface area (Å²) in [5.41, 5.74) is 0.466. The minimum atomic E-state index is -0.480. The molecule has 1 aromatic carbocycles. The number of benzene rings is 1. The van der Waals surface area contributed by atoms with E-state index in [1.165, 1.54) is 25.3 Å². The van der Waals surface area contributed by atoms with Crippen molar-refractivity contribution in [2.24, 2.45) is 0 Å². The Morgan fingerprint density at radius 3 is 2.80 bits per heavy atom. The fraction of sp³-hybridized carbons (Fsp3) is 0.429. The Kier molecular flexibility index (Phi) is 4.22. The highest BCUT2D eigenvalue weighted by Crippen LogP contribution is 2.23. The standard InChI is InChI=1S/C14H17FN2O3/c1-3-4-11-13(18)17(14(19)16-11)8-9-7-10(15)5-6-12(9)20-2/h5-7,11H,3-4,8H2,1-2H3,(H,16,19)/t11-/m0/s1. The molecule has 0 aliphatic carbocycles. The predicted molar refractivity (Wildman–Crippen MR) is 70.7 cm³/mol. The van der Waals surface area contributed by atoms with Crippen molar-refractivity contribution in [1.29, 1.82) is 0 Å². The van der Waals surface area contributed by atoms with Crippen LogP contribution >= 0.6 is 0 Å². The molecule has 5 nitrogen and oxygen atoms in total. The number of ether oxygens (including phenoxy) is 1. The Morgan fingerprint density at radius 2 is 2.15 bits per heavy atom. The lowest BCUT2D eigenvalue weighted by Gasteiger charge is -2.15. The lowest BCUT2D eigenvalue weighted by molar-refractivity contribution is -0.128. The van der Waals surface area contributed by atoms with Crippen LogP contribution in [0.4, 0.5) is 9.18 Å². The third kappa shape index (κ3) is 2.74. The van der Waals surface area contributed by atoms with E-state index in [1.807, 2.05) is 6.92 Å². The van der Waals surface area contributed by atoms with Gasteiger partial charge in [-0.2, -0.15) is 0 Å². The number of nitrogens with one attached hydrogen (secondary N) is 1. The number of imide groups is 1. The third-order valence-electron chi connectivity index (χ3n) is 3.26. The second-order valence-corrected chi connectivity index (χ2v) is 4.67. The Labute approximate surface area is 116 Å². The van der Waals surface area contributed by atoms with E-state index in [0.717, 1.165) is 11.3 Å². The van der Waals surface area contributed by atoms with Gasteiger partial charge in [-0.25, -0.2) is 9.18 Å². The largest absolute Gasteiger partial charge is 0.496 e. The summed E-state index contributed by atoms with van der Waals surface area (Å²) < 4.78 is 18.4. The molecule has 1 fully saturated rings. The summed E-state index contributed by atoms with van der Waals surface area (Å²) in [4.78, 5) is 25.0. The fourth-order valence-corrected chi connectivity index (χ4v) is 2.25. The molecule has 0 bridgehead atoms. The van der Waals surface area contributed by atoms with Gasteiger partial charge < -0.3 is 10.1 Å². The summed E-state index contributed by atoms with van der Waals surface area (Å²) in [6, 6.07) is 3.10. The van der Waals surface area contributed by atoms with Crippen molar-refractivity contribution in [3.8, 4) is 5.75 Å². The summed E-state index contributed by atoms with van der Waals surface area (Å²) in [5, 5.41) is 2.63. The molecular weight excluding hydrogens is 263 g/mol. The van der Waals surface area contributed by atoms with Crippen LogP contribution < -0.4 is 10.1 Å². The van der Waals surface area contributed by atoms with Gasteiger partial charge in [-0.1, -0.05) is 13.3 Å². The molecule has 108 valence electrons. The zero-order valence-electron chi connectivity index (χ0n) is 11.5. The number of carbonyl (C=O) groups is 2. The Morgan fingerprint density at radius 1 is 1.40 bits per heavy atom. The maximum atomic E-state index is 13.3. The van der Waals surface area contributed by atoms with Gasteiger partial charge >= 0.3 is 6.03 Å². The van der Waals surface area contributed by atoms with Crippen LogP contribution in [0.3, 0.4) is 0 Å². The Balaban J connectivity index is 2.19. The zero-order valence-corrected chi connectivity index (χ0v) is 11.5. The molecule has 3 amide bonds. The van der Waals surface area contributed by atoms with Gasteiger partial charge in [0, 0.05) is 5.56 Å². The number of halogens is 1. The number of amides is 3. The molecule has 1 heterocycles. The van der Waals surface area contributed by atoms with E-state index in [2.05, 4.69) is 5.32 Å². The van der Waals surface area contributed by atoms with Crippen LogP contribution in [0.15, 0.2) is 18.2 Å². The summed E-state index contributed by atoms with van der Waals surface area (Å²) in [5.74, 6) is -0.257. The SMILES string of the molecule is CCC[C@@H]1NC(=O)N(Cc2cc(F)ccc2OC)C1=O. The van der Waals surface area contributed by atoms with Gasteiger partial charge in [0.05, 0.1) is 13.7 Å². The second-order valence-electron chi connectivity index (χ2n) is 4.67. The molecule has 0 saturated carbocycles. The average Bonchev–Trinajstić information content (AvgIpc) is 2.67. The molecule has 1 saturated heterocycles. The average molecular weight is 280 g/mol. The summed E-state index contributed by atoms with van der Waals surface area (Å²) in [7, 11) is 1.46. The number of rotatable bonds is 5. The van der Waals surface area contributed by atoms with Crippen molar-refractivity contribution < 1.29 is 18.7 Å². The van der Waals surface area contributed by atoms with E-state index < -0.39 is 17.9 Å². The van der Waals surface area contributed by atoms with E-state index in [1.54, 1.807) is 0 Å². The Bertz CT molecular complexity index is 533. The molecule has 2 rings (SSSR count).